The van der Waals surface area contributed by atoms with Crippen molar-refractivity contribution in [1.82, 2.24) is 4.98 Å². The smallest absolute Gasteiger partial charge is 0.335 e. The van der Waals surface area contributed by atoms with Gasteiger partial charge in [0.05, 0.1) is 28.3 Å². The fourth-order valence-electron chi connectivity index (χ4n) is 2.47. The maximum Gasteiger partial charge on any atom is 0.335 e. The molecular weight excluding hydrogens is 446 g/mol. The third-order valence-electron chi connectivity index (χ3n) is 4.05. The lowest BCUT2D eigenvalue weighted by atomic mass is 10.2. The molecule has 0 aliphatic rings. The van der Waals surface area contributed by atoms with Crippen LogP contribution < -0.4 is 0 Å². The maximum absolute atomic E-state index is 12.3. The van der Waals surface area contributed by atoms with Gasteiger partial charge in [0.1, 0.15) is 0 Å². The lowest BCUT2D eigenvalue weighted by molar-refractivity contribution is -0.151. The van der Waals surface area contributed by atoms with E-state index in [9.17, 15) is 18.3 Å². The summed E-state index contributed by atoms with van der Waals surface area (Å²) >= 11 is 2.65. The molecule has 1 N–H and O–H groups in total. The van der Waals surface area contributed by atoms with Crippen LogP contribution in [0.1, 0.15) is 18.1 Å². The molecule has 3 aromatic rings. The van der Waals surface area contributed by atoms with E-state index in [1.165, 1.54) is 35.2 Å². The van der Waals surface area contributed by atoms with Gasteiger partial charge in [-0.05, 0) is 43.7 Å². The third kappa shape index (κ3) is 5.79. The fraction of sp³-hybridized carbons (Fsp3) is 0.300. The molecule has 30 heavy (non-hydrogen) atoms. The predicted octanol–water partition coefficient (Wildman–Crippen LogP) is 3.53. The van der Waals surface area contributed by atoms with Gasteiger partial charge in [0, 0.05) is 5.75 Å². The second-order valence-corrected chi connectivity index (χ2v) is 10.3. The number of thioether (sulfide) groups is 1. The highest BCUT2D eigenvalue weighted by Crippen LogP contribution is 2.31. The normalized spacial score (nSPS) is 12.8. The molecule has 1 heterocycles. The number of aryl methyl sites for hydroxylation is 1. The summed E-state index contributed by atoms with van der Waals surface area (Å²) in [6.45, 7) is 3.69. The van der Waals surface area contributed by atoms with Crippen molar-refractivity contribution in [3.8, 4) is 0 Å². The second kappa shape index (κ2) is 9.88. The van der Waals surface area contributed by atoms with Gasteiger partial charge in [-0.2, -0.15) is 8.42 Å². The van der Waals surface area contributed by atoms with Crippen molar-refractivity contribution in [1.29, 1.82) is 0 Å². The minimum Gasteiger partial charge on any atom is -0.464 e. The van der Waals surface area contributed by atoms with E-state index in [4.69, 9.17) is 8.92 Å². The van der Waals surface area contributed by atoms with Gasteiger partial charge in [-0.1, -0.05) is 35.5 Å². The Hall–Kier alpha value is -1.98. The molecule has 0 spiro atoms. The minimum atomic E-state index is -3.84. The average Bonchev–Trinajstić information content (AvgIpc) is 3.13. The number of carbonyl (C=O) groups is 1. The van der Waals surface area contributed by atoms with Crippen LogP contribution in [0.4, 0.5) is 0 Å². The van der Waals surface area contributed by atoms with E-state index in [0.29, 0.717) is 9.90 Å². The van der Waals surface area contributed by atoms with Crippen LogP contribution in [-0.4, -0.2) is 42.9 Å². The van der Waals surface area contributed by atoms with Gasteiger partial charge in [-0.3, -0.25) is 4.18 Å². The van der Waals surface area contributed by atoms with E-state index in [1.807, 2.05) is 13.0 Å². The highest BCUT2D eigenvalue weighted by atomic mass is 32.2. The van der Waals surface area contributed by atoms with Crippen LogP contribution >= 0.6 is 23.1 Å². The third-order valence-corrected chi connectivity index (χ3v) is 7.56. The number of aromatic nitrogens is 1. The monoisotopic (exact) mass is 467 g/mol. The number of hydrogen-bond acceptors (Lipinski definition) is 9. The molecule has 1 aromatic heterocycles. The summed E-state index contributed by atoms with van der Waals surface area (Å²) in [5, 5.41) is 9.79. The number of aliphatic hydroxyl groups excluding tert-OH is 1. The minimum absolute atomic E-state index is 0.0892. The molecule has 0 radical (unpaired) electrons. The Labute approximate surface area is 183 Å². The van der Waals surface area contributed by atoms with Crippen LogP contribution in [0.25, 0.3) is 10.2 Å². The van der Waals surface area contributed by atoms with Gasteiger partial charge in [-0.15, -0.1) is 11.3 Å². The van der Waals surface area contributed by atoms with Crippen molar-refractivity contribution in [2.45, 2.75) is 35.8 Å². The molecule has 1 atom stereocenters. The zero-order valence-electron chi connectivity index (χ0n) is 16.4. The number of ether oxygens (including phenoxy) is 1. The first-order valence-electron chi connectivity index (χ1n) is 9.11. The number of fused-ring (bicyclic) bond motifs is 1. The van der Waals surface area contributed by atoms with Crippen LogP contribution in [0, 0.1) is 6.92 Å². The standard InChI is InChI=1S/C20H21NO6S3/c1-3-26-19(23)17(22)12-28-20-21-16-9-6-14(10-18(16)29-20)11-27-30(24,25)15-7-4-13(2)5-8-15/h4-10,17,22H,3,11-12H2,1-2H3. The SMILES string of the molecule is CCOC(=O)C(O)CSc1nc2ccc(COS(=O)(=O)c3ccc(C)cc3)cc2s1. The van der Waals surface area contributed by atoms with Crippen LogP contribution in [-0.2, 0) is 30.4 Å². The largest absolute Gasteiger partial charge is 0.464 e. The maximum atomic E-state index is 12.3. The molecular formula is C20H21NO6S3. The first-order chi connectivity index (χ1) is 14.3. The van der Waals surface area contributed by atoms with Crippen molar-refractivity contribution in [2.24, 2.45) is 0 Å². The van der Waals surface area contributed by atoms with E-state index in [2.05, 4.69) is 4.98 Å². The van der Waals surface area contributed by atoms with Crippen LogP contribution in [0.5, 0.6) is 0 Å². The summed E-state index contributed by atoms with van der Waals surface area (Å²) in [5.74, 6) is -0.510. The Morgan fingerprint density at radius 2 is 1.97 bits per heavy atom. The highest BCUT2D eigenvalue weighted by Gasteiger charge is 2.18. The van der Waals surface area contributed by atoms with E-state index < -0.39 is 22.2 Å². The number of nitrogens with zero attached hydrogens (tertiary/aromatic N) is 1. The molecule has 0 aliphatic heterocycles. The van der Waals surface area contributed by atoms with Crippen LogP contribution in [0.2, 0.25) is 0 Å². The molecule has 2 aromatic carbocycles. The topological polar surface area (TPSA) is 103 Å². The Kier molecular flexibility index (Phi) is 7.48. The van der Waals surface area contributed by atoms with Crippen LogP contribution in [0.15, 0.2) is 51.7 Å². The van der Waals surface area contributed by atoms with Gasteiger partial charge < -0.3 is 9.84 Å². The zero-order valence-corrected chi connectivity index (χ0v) is 18.9. The first kappa shape index (κ1) is 22.7. The van der Waals surface area contributed by atoms with E-state index in [-0.39, 0.29) is 23.9 Å². The number of rotatable bonds is 9. The lowest BCUT2D eigenvalue weighted by Crippen LogP contribution is -2.25. The number of hydrogen-bond donors (Lipinski definition) is 1. The van der Waals surface area contributed by atoms with Gasteiger partial charge in [0.2, 0.25) is 0 Å². The number of aliphatic hydroxyl groups is 1. The molecule has 0 aliphatic carbocycles. The summed E-state index contributed by atoms with van der Waals surface area (Å²) in [5.41, 5.74) is 2.41. The fourth-order valence-corrected chi connectivity index (χ4v) is 5.44. The van der Waals surface area contributed by atoms with Crippen molar-refractivity contribution >= 4 is 49.4 Å². The van der Waals surface area contributed by atoms with Crippen molar-refractivity contribution in [3.05, 3.63) is 53.6 Å². The summed E-state index contributed by atoms with van der Waals surface area (Å²) in [7, 11) is -3.84. The Balaban J connectivity index is 1.64. The van der Waals surface area contributed by atoms with Gasteiger partial charge in [0.15, 0.2) is 10.4 Å². The molecule has 160 valence electrons. The molecule has 0 saturated heterocycles. The van der Waals surface area contributed by atoms with E-state index in [1.54, 1.807) is 31.2 Å². The molecule has 0 fully saturated rings. The summed E-state index contributed by atoms with van der Waals surface area (Å²) in [6.07, 6.45) is -1.21. The van der Waals surface area contributed by atoms with Crippen molar-refractivity contribution in [2.75, 3.05) is 12.4 Å². The number of esters is 1. The van der Waals surface area contributed by atoms with Gasteiger partial charge in [0.25, 0.3) is 10.1 Å². The van der Waals surface area contributed by atoms with E-state index >= 15 is 0 Å². The number of carbonyl (C=O) groups excluding carboxylic acids is 1. The summed E-state index contributed by atoms with van der Waals surface area (Å²) in [6, 6.07) is 11.8. The van der Waals surface area contributed by atoms with Crippen molar-refractivity contribution < 1.29 is 27.2 Å². The van der Waals surface area contributed by atoms with Crippen molar-refractivity contribution in [3.63, 3.8) is 0 Å². The quantitative estimate of drug-likeness (QED) is 0.290. The lowest BCUT2D eigenvalue weighted by Gasteiger charge is -2.07. The first-order valence-corrected chi connectivity index (χ1v) is 12.3. The molecule has 0 bridgehead atoms. The molecule has 3 rings (SSSR count). The predicted molar refractivity (Wildman–Crippen MR) is 116 cm³/mol. The summed E-state index contributed by atoms with van der Waals surface area (Å²) in [4.78, 5) is 16.1. The van der Waals surface area contributed by atoms with E-state index in [0.717, 1.165) is 15.8 Å². The Morgan fingerprint density at radius 3 is 2.67 bits per heavy atom. The van der Waals surface area contributed by atoms with Crippen LogP contribution in [0.3, 0.4) is 0 Å². The Bertz CT molecular complexity index is 1130. The van der Waals surface area contributed by atoms with Gasteiger partial charge in [-0.25, -0.2) is 9.78 Å². The molecule has 1 unspecified atom stereocenters. The summed E-state index contributed by atoms with van der Waals surface area (Å²) < 4.78 is 36.2. The average molecular weight is 468 g/mol. The molecule has 10 heteroatoms. The van der Waals surface area contributed by atoms with Gasteiger partial charge >= 0.3 is 5.97 Å². The highest BCUT2D eigenvalue weighted by molar-refractivity contribution is 8.01. The molecule has 0 amide bonds. The Morgan fingerprint density at radius 1 is 1.23 bits per heavy atom. The molecule has 7 nitrogen and oxygen atoms in total. The second-order valence-electron chi connectivity index (χ2n) is 6.39. The number of thiazole rings is 1. The molecule has 0 saturated carbocycles. The number of benzene rings is 2. The zero-order chi connectivity index (χ0) is 21.7.